The standard InChI is InChI=1S/C16H22N4O2/c1-11-6-9-20(16(21)22-3)10-14(11)19(2)13-5-8-18-15-12(13)4-7-17-15/h4-5,7-8,11,14H,6,9-10H2,1-3H3,(H,17,18)/t11-,14+/m1/s1. The summed E-state index contributed by atoms with van der Waals surface area (Å²) in [6.45, 7) is 3.68. The van der Waals surface area contributed by atoms with Crippen LogP contribution in [0.2, 0.25) is 0 Å². The van der Waals surface area contributed by atoms with E-state index in [1.165, 1.54) is 7.11 Å². The number of pyridine rings is 1. The fourth-order valence-electron chi connectivity index (χ4n) is 3.28. The molecule has 118 valence electrons. The second kappa shape index (κ2) is 5.87. The number of rotatable bonds is 2. The summed E-state index contributed by atoms with van der Waals surface area (Å²) in [5, 5.41) is 1.10. The first-order valence-corrected chi connectivity index (χ1v) is 7.59. The van der Waals surface area contributed by atoms with Gasteiger partial charge < -0.3 is 19.5 Å². The summed E-state index contributed by atoms with van der Waals surface area (Å²) in [6.07, 6.45) is 4.45. The van der Waals surface area contributed by atoms with Crippen LogP contribution in [-0.4, -0.2) is 54.2 Å². The zero-order chi connectivity index (χ0) is 15.7. The largest absolute Gasteiger partial charge is 0.453 e. The molecule has 3 heterocycles. The number of methoxy groups -OCH3 is 1. The highest BCUT2D eigenvalue weighted by Gasteiger charge is 2.32. The average molecular weight is 302 g/mol. The first-order valence-electron chi connectivity index (χ1n) is 7.59. The van der Waals surface area contributed by atoms with E-state index in [-0.39, 0.29) is 12.1 Å². The van der Waals surface area contributed by atoms with Gasteiger partial charge in [0.2, 0.25) is 0 Å². The molecular weight excluding hydrogens is 280 g/mol. The zero-order valence-electron chi connectivity index (χ0n) is 13.2. The number of piperidine rings is 1. The number of hydrogen-bond acceptors (Lipinski definition) is 4. The molecule has 0 aromatic carbocycles. The lowest BCUT2D eigenvalue weighted by atomic mass is 9.92. The molecule has 0 spiro atoms. The van der Waals surface area contributed by atoms with Crippen molar-refractivity contribution in [2.24, 2.45) is 5.92 Å². The fraction of sp³-hybridized carbons (Fsp3) is 0.500. The van der Waals surface area contributed by atoms with Crippen LogP contribution in [0.25, 0.3) is 11.0 Å². The Morgan fingerprint density at radius 2 is 2.32 bits per heavy atom. The number of H-pyrrole nitrogens is 1. The molecule has 0 bridgehead atoms. The number of nitrogens with zero attached hydrogens (tertiary/aromatic N) is 3. The minimum absolute atomic E-state index is 0.244. The smallest absolute Gasteiger partial charge is 0.409 e. The first-order chi connectivity index (χ1) is 10.6. The third-order valence-electron chi connectivity index (χ3n) is 4.67. The van der Waals surface area contributed by atoms with E-state index in [4.69, 9.17) is 4.74 Å². The van der Waals surface area contributed by atoms with Crippen molar-refractivity contribution >= 4 is 22.8 Å². The molecule has 1 fully saturated rings. The molecule has 3 rings (SSSR count). The zero-order valence-corrected chi connectivity index (χ0v) is 13.2. The van der Waals surface area contributed by atoms with Gasteiger partial charge in [-0.3, -0.25) is 0 Å². The van der Waals surface area contributed by atoms with Crippen molar-refractivity contribution < 1.29 is 9.53 Å². The van der Waals surface area contributed by atoms with Gasteiger partial charge in [-0.15, -0.1) is 0 Å². The van der Waals surface area contributed by atoms with Crippen LogP contribution in [0.5, 0.6) is 0 Å². The molecule has 0 saturated carbocycles. The van der Waals surface area contributed by atoms with Crippen molar-refractivity contribution in [3.63, 3.8) is 0 Å². The number of fused-ring (bicyclic) bond motifs is 1. The molecule has 2 atom stereocenters. The topological polar surface area (TPSA) is 61.5 Å². The molecule has 6 heteroatoms. The molecule has 2 aromatic heterocycles. The number of carbonyl (C=O) groups is 1. The van der Waals surface area contributed by atoms with Crippen molar-refractivity contribution in [1.29, 1.82) is 0 Å². The van der Waals surface area contributed by atoms with E-state index >= 15 is 0 Å². The van der Waals surface area contributed by atoms with Gasteiger partial charge in [0.1, 0.15) is 5.65 Å². The number of aromatic amines is 1. The highest BCUT2D eigenvalue weighted by atomic mass is 16.5. The van der Waals surface area contributed by atoms with E-state index < -0.39 is 0 Å². The Balaban J connectivity index is 1.88. The molecule has 2 aromatic rings. The average Bonchev–Trinajstić information content (AvgIpc) is 3.02. The van der Waals surface area contributed by atoms with E-state index in [1.807, 2.05) is 24.5 Å². The quantitative estimate of drug-likeness (QED) is 0.926. The maximum absolute atomic E-state index is 11.8. The van der Waals surface area contributed by atoms with Crippen LogP contribution < -0.4 is 4.90 Å². The molecule has 1 amide bonds. The number of aromatic nitrogens is 2. The molecule has 1 saturated heterocycles. The summed E-state index contributed by atoms with van der Waals surface area (Å²) in [5.74, 6) is 0.507. The van der Waals surface area contributed by atoms with Crippen molar-refractivity contribution in [2.45, 2.75) is 19.4 Å². The van der Waals surface area contributed by atoms with E-state index in [9.17, 15) is 4.79 Å². The number of likely N-dealkylation sites (tertiary alicyclic amines) is 1. The lowest BCUT2D eigenvalue weighted by molar-refractivity contribution is 0.101. The molecular formula is C16H22N4O2. The number of carbonyl (C=O) groups excluding carboxylic acids is 1. The lowest BCUT2D eigenvalue weighted by Gasteiger charge is -2.42. The van der Waals surface area contributed by atoms with Crippen LogP contribution in [0.3, 0.4) is 0 Å². The first kappa shape index (κ1) is 14.7. The van der Waals surface area contributed by atoms with Gasteiger partial charge in [-0.05, 0) is 24.5 Å². The predicted octanol–water partition coefficient (Wildman–Crippen LogP) is 2.48. The highest BCUT2D eigenvalue weighted by Crippen LogP contribution is 2.30. The predicted molar refractivity (Wildman–Crippen MR) is 86.0 cm³/mol. The SMILES string of the molecule is COC(=O)N1CC[C@@H](C)[C@@H](N(C)c2ccnc3[nH]ccc23)C1. The number of anilines is 1. The maximum Gasteiger partial charge on any atom is 0.409 e. The second-order valence-electron chi connectivity index (χ2n) is 5.93. The van der Waals surface area contributed by atoms with Crippen LogP contribution in [0, 0.1) is 5.92 Å². The third-order valence-corrected chi connectivity index (χ3v) is 4.67. The van der Waals surface area contributed by atoms with Crippen LogP contribution in [0.1, 0.15) is 13.3 Å². The van der Waals surface area contributed by atoms with Gasteiger partial charge in [0.25, 0.3) is 0 Å². The van der Waals surface area contributed by atoms with Gasteiger partial charge in [0, 0.05) is 49.6 Å². The fourth-order valence-corrected chi connectivity index (χ4v) is 3.28. The molecule has 1 aliphatic heterocycles. The van der Waals surface area contributed by atoms with Gasteiger partial charge in [0.15, 0.2) is 0 Å². The summed E-state index contributed by atoms with van der Waals surface area (Å²) in [5.41, 5.74) is 2.02. The lowest BCUT2D eigenvalue weighted by Crippen LogP contribution is -2.52. The van der Waals surface area contributed by atoms with Crippen LogP contribution >= 0.6 is 0 Å². The Kier molecular flexibility index (Phi) is 3.92. The summed E-state index contributed by atoms with van der Waals surface area (Å²) >= 11 is 0. The van der Waals surface area contributed by atoms with Crippen molar-refractivity contribution in [2.75, 3.05) is 32.1 Å². The Morgan fingerprint density at radius 3 is 3.09 bits per heavy atom. The van der Waals surface area contributed by atoms with Gasteiger partial charge in [0.05, 0.1) is 7.11 Å². The van der Waals surface area contributed by atoms with Gasteiger partial charge in [-0.1, -0.05) is 6.92 Å². The number of amides is 1. The molecule has 1 N–H and O–H groups in total. The number of likely N-dealkylation sites (N-methyl/N-ethyl adjacent to an activating group) is 1. The van der Waals surface area contributed by atoms with E-state index in [0.29, 0.717) is 12.5 Å². The Bertz CT molecular complexity index is 669. The summed E-state index contributed by atoms with van der Waals surface area (Å²) in [4.78, 5) is 23.4. The molecule has 0 radical (unpaired) electrons. The van der Waals surface area contributed by atoms with Gasteiger partial charge in [-0.2, -0.15) is 0 Å². The number of ether oxygens (including phenoxy) is 1. The van der Waals surface area contributed by atoms with E-state index in [1.54, 1.807) is 4.90 Å². The van der Waals surface area contributed by atoms with Crippen LogP contribution in [-0.2, 0) is 4.74 Å². The number of hydrogen-bond donors (Lipinski definition) is 1. The minimum atomic E-state index is -0.244. The molecule has 0 aliphatic carbocycles. The van der Waals surface area contributed by atoms with Crippen molar-refractivity contribution in [1.82, 2.24) is 14.9 Å². The normalized spacial score (nSPS) is 21.9. The van der Waals surface area contributed by atoms with Crippen LogP contribution in [0.15, 0.2) is 24.5 Å². The highest BCUT2D eigenvalue weighted by molar-refractivity contribution is 5.89. The maximum atomic E-state index is 11.8. The van der Waals surface area contributed by atoms with E-state index in [0.717, 1.165) is 29.7 Å². The van der Waals surface area contributed by atoms with Gasteiger partial charge in [-0.25, -0.2) is 9.78 Å². The summed E-state index contributed by atoms with van der Waals surface area (Å²) in [6, 6.07) is 4.33. The minimum Gasteiger partial charge on any atom is -0.453 e. The molecule has 22 heavy (non-hydrogen) atoms. The molecule has 6 nitrogen and oxygen atoms in total. The molecule has 0 unspecified atom stereocenters. The monoisotopic (exact) mass is 302 g/mol. The summed E-state index contributed by atoms with van der Waals surface area (Å²) in [7, 11) is 3.52. The van der Waals surface area contributed by atoms with Crippen molar-refractivity contribution in [3.8, 4) is 0 Å². The Morgan fingerprint density at radius 1 is 1.50 bits per heavy atom. The van der Waals surface area contributed by atoms with Gasteiger partial charge >= 0.3 is 6.09 Å². The second-order valence-corrected chi connectivity index (χ2v) is 5.93. The Hall–Kier alpha value is -2.24. The van der Waals surface area contributed by atoms with E-state index in [2.05, 4.69) is 28.8 Å². The summed E-state index contributed by atoms with van der Waals surface area (Å²) < 4.78 is 4.87. The third kappa shape index (κ3) is 2.49. The van der Waals surface area contributed by atoms with Crippen molar-refractivity contribution in [3.05, 3.63) is 24.5 Å². The van der Waals surface area contributed by atoms with Crippen LogP contribution in [0.4, 0.5) is 10.5 Å². The Labute approximate surface area is 130 Å². The molecule has 1 aliphatic rings. The number of nitrogens with one attached hydrogen (secondary N) is 1.